The van der Waals surface area contributed by atoms with Crippen LogP contribution in [-0.2, 0) is 0 Å². The molecule has 0 N–H and O–H groups in total. The van der Waals surface area contributed by atoms with Gasteiger partial charge in [0.05, 0.1) is 0 Å². The maximum Gasteiger partial charge on any atom is 0.162 e. The lowest BCUT2D eigenvalue weighted by molar-refractivity contribution is 0.0982. The molecule has 144 valence electrons. The third kappa shape index (κ3) is 4.86. The summed E-state index contributed by atoms with van der Waals surface area (Å²) in [5.41, 5.74) is 3.30. The van der Waals surface area contributed by atoms with Gasteiger partial charge >= 0.3 is 0 Å². The highest BCUT2D eigenvalue weighted by atomic mass is 19.1. The second kappa shape index (κ2) is 9.30. The van der Waals surface area contributed by atoms with Crippen molar-refractivity contribution in [3.8, 4) is 11.1 Å². The topological polar surface area (TPSA) is 17.1 Å². The molecule has 2 aromatic carbocycles. The van der Waals surface area contributed by atoms with E-state index in [1.165, 1.54) is 38.5 Å². The molecule has 0 bridgehead atoms. The number of ketones is 1. The van der Waals surface area contributed by atoms with Gasteiger partial charge in [-0.3, -0.25) is 4.79 Å². The maximum absolute atomic E-state index is 14.8. The van der Waals surface area contributed by atoms with Crippen LogP contribution in [0.15, 0.2) is 42.5 Å². The van der Waals surface area contributed by atoms with E-state index in [2.05, 4.69) is 13.0 Å². The van der Waals surface area contributed by atoms with Gasteiger partial charge in [0.25, 0.3) is 0 Å². The van der Waals surface area contributed by atoms with Crippen molar-refractivity contribution in [1.29, 1.82) is 0 Å². The Labute approximate surface area is 163 Å². The van der Waals surface area contributed by atoms with E-state index in [9.17, 15) is 9.18 Å². The first-order chi connectivity index (χ1) is 13.1. The Bertz CT molecular complexity index is 754. The number of hydrogen-bond acceptors (Lipinski definition) is 1. The average molecular weight is 367 g/mol. The van der Waals surface area contributed by atoms with Crippen molar-refractivity contribution in [2.45, 2.75) is 71.1 Å². The van der Waals surface area contributed by atoms with E-state index in [1.54, 1.807) is 6.07 Å². The zero-order valence-corrected chi connectivity index (χ0v) is 16.6. The molecule has 2 heteroatoms. The van der Waals surface area contributed by atoms with Crippen molar-refractivity contribution in [2.75, 3.05) is 0 Å². The summed E-state index contributed by atoms with van der Waals surface area (Å²) in [7, 11) is 0. The lowest BCUT2D eigenvalue weighted by atomic mass is 9.77. The highest BCUT2D eigenvalue weighted by molar-refractivity contribution is 5.96. The molecule has 0 aromatic heterocycles. The second-order valence-electron chi connectivity index (χ2n) is 8.00. The quantitative estimate of drug-likeness (QED) is 0.462. The van der Waals surface area contributed by atoms with Crippen LogP contribution in [0.3, 0.4) is 0 Å². The zero-order chi connectivity index (χ0) is 19.2. The van der Waals surface area contributed by atoms with Crippen LogP contribution in [-0.4, -0.2) is 5.78 Å². The molecule has 0 amide bonds. The first-order valence-electron chi connectivity index (χ1n) is 10.6. The molecule has 27 heavy (non-hydrogen) atoms. The Hall–Kier alpha value is -1.96. The molecule has 0 saturated heterocycles. The minimum Gasteiger partial charge on any atom is -0.294 e. The summed E-state index contributed by atoms with van der Waals surface area (Å²) in [5, 5.41) is 0. The maximum atomic E-state index is 14.8. The molecule has 0 aliphatic heterocycles. The average Bonchev–Trinajstić information content (AvgIpc) is 2.69. The molecule has 1 aliphatic rings. The van der Waals surface area contributed by atoms with Crippen LogP contribution in [0.2, 0.25) is 0 Å². The van der Waals surface area contributed by atoms with Gasteiger partial charge in [0, 0.05) is 17.5 Å². The van der Waals surface area contributed by atoms with Gasteiger partial charge in [0.2, 0.25) is 0 Å². The smallest absolute Gasteiger partial charge is 0.162 e. The predicted molar refractivity (Wildman–Crippen MR) is 111 cm³/mol. The van der Waals surface area contributed by atoms with E-state index in [-0.39, 0.29) is 11.6 Å². The van der Waals surface area contributed by atoms with E-state index in [4.69, 9.17) is 0 Å². The molecule has 0 spiro atoms. The van der Waals surface area contributed by atoms with E-state index in [0.29, 0.717) is 23.5 Å². The Morgan fingerprint density at radius 1 is 0.963 bits per heavy atom. The molecule has 1 nitrogen and oxygen atoms in total. The van der Waals surface area contributed by atoms with Crippen LogP contribution in [0.25, 0.3) is 11.1 Å². The van der Waals surface area contributed by atoms with Crippen LogP contribution in [0.4, 0.5) is 4.39 Å². The second-order valence-corrected chi connectivity index (χ2v) is 8.00. The fraction of sp³-hybridized carbons (Fsp3) is 0.480. The first kappa shape index (κ1) is 19.8. The SMILES string of the molecule is CCCC(=O)c1ccc(-c2ccc([C@H]3CC[C@H](CCC)CC3)cc2F)cc1. The number of carbonyl (C=O) groups is 1. The normalized spacial score (nSPS) is 19.8. The van der Waals surface area contributed by atoms with Gasteiger partial charge in [0.1, 0.15) is 5.82 Å². The molecule has 0 unspecified atom stereocenters. The molecule has 1 aliphatic carbocycles. The largest absolute Gasteiger partial charge is 0.294 e. The Kier molecular flexibility index (Phi) is 6.82. The van der Waals surface area contributed by atoms with Crippen LogP contribution in [0, 0.1) is 11.7 Å². The van der Waals surface area contributed by atoms with Crippen LogP contribution < -0.4 is 0 Å². The Morgan fingerprint density at radius 2 is 1.67 bits per heavy atom. The highest BCUT2D eigenvalue weighted by Crippen LogP contribution is 2.38. The third-order valence-electron chi connectivity index (χ3n) is 6.00. The van der Waals surface area contributed by atoms with E-state index in [0.717, 1.165) is 23.5 Å². The molecule has 2 aromatic rings. The lowest BCUT2D eigenvalue weighted by Crippen LogP contribution is -2.13. The third-order valence-corrected chi connectivity index (χ3v) is 6.00. The van der Waals surface area contributed by atoms with Crippen molar-refractivity contribution >= 4 is 5.78 Å². The summed E-state index contributed by atoms with van der Waals surface area (Å²) in [5.74, 6) is 1.36. The van der Waals surface area contributed by atoms with Crippen molar-refractivity contribution in [3.63, 3.8) is 0 Å². The van der Waals surface area contributed by atoms with Gasteiger partial charge in [-0.15, -0.1) is 0 Å². The van der Waals surface area contributed by atoms with Crippen molar-refractivity contribution in [1.82, 2.24) is 0 Å². The van der Waals surface area contributed by atoms with E-state index in [1.807, 2.05) is 37.3 Å². The fourth-order valence-electron chi connectivity index (χ4n) is 4.42. The minimum absolute atomic E-state index is 0.151. The van der Waals surface area contributed by atoms with Crippen LogP contribution >= 0.6 is 0 Å². The van der Waals surface area contributed by atoms with Gasteiger partial charge in [-0.1, -0.05) is 63.1 Å². The summed E-state index contributed by atoms with van der Waals surface area (Å²) in [6.45, 7) is 4.26. The molecule has 1 fully saturated rings. The number of hydrogen-bond donors (Lipinski definition) is 0. The van der Waals surface area contributed by atoms with Gasteiger partial charge in [-0.25, -0.2) is 4.39 Å². The summed E-state index contributed by atoms with van der Waals surface area (Å²) >= 11 is 0. The summed E-state index contributed by atoms with van der Waals surface area (Å²) < 4.78 is 14.8. The molecule has 0 radical (unpaired) electrons. The van der Waals surface area contributed by atoms with Gasteiger partial charge in [-0.05, 0) is 61.1 Å². The lowest BCUT2D eigenvalue weighted by Gasteiger charge is -2.28. The zero-order valence-electron chi connectivity index (χ0n) is 16.6. The van der Waals surface area contributed by atoms with Crippen molar-refractivity contribution in [2.24, 2.45) is 5.92 Å². The number of halogens is 1. The fourth-order valence-corrected chi connectivity index (χ4v) is 4.42. The molecule has 0 atom stereocenters. The highest BCUT2D eigenvalue weighted by Gasteiger charge is 2.22. The van der Waals surface area contributed by atoms with Gasteiger partial charge in [0.15, 0.2) is 5.78 Å². The summed E-state index contributed by atoms with van der Waals surface area (Å²) in [6, 6.07) is 13.1. The van der Waals surface area contributed by atoms with Crippen molar-refractivity contribution in [3.05, 3.63) is 59.4 Å². The molecular formula is C25H31FO. The Balaban J connectivity index is 1.71. The van der Waals surface area contributed by atoms with Crippen LogP contribution in [0.5, 0.6) is 0 Å². The van der Waals surface area contributed by atoms with Crippen LogP contribution in [0.1, 0.15) is 87.1 Å². The Morgan fingerprint density at radius 3 is 2.26 bits per heavy atom. The standard InChI is InChI=1S/C25H31FO/c1-3-5-18-7-9-19(10-8-18)22-15-16-23(24(26)17-22)20-11-13-21(14-12-20)25(27)6-4-2/h11-19H,3-10H2,1-2H3/t18-,19-. The molecule has 1 saturated carbocycles. The first-order valence-corrected chi connectivity index (χ1v) is 10.6. The predicted octanol–water partition coefficient (Wildman–Crippen LogP) is 7.55. The minimum atomic E-state index is -0.157. The molecular weight excluding hydrogens is 335 g/mol. The summed E-state index contributed by atoms with van der Waals surface area (Å²) in [4.78, 5) is 12.0. The van der Waals surface area contributed by atoms with E-state index >= 15 is 0 Å². The monoisotopic (exact) mass is 366 g/mol. The number of benzene rings is 2. The summed E-state index contributed by atoms with van der Waals surface area (Å²) in [6.07, 6.45) is 8.90. The molecule has 0 heterocycles. The number of carbonyl (C=O) groups excluding carboxylic acids is 1. The van der Waals surface area contributed by atoms with Crippen molar-refractivity contribution < 1.29 is 9.18 Å². The number of Topliss-reactive ketones (excluding diaryl/α,β-unsaturated/α-hetero) is 1. The molecule has 3 rings (SSSR count). The van der Waals surface area contributed by atoms with E-state index < -0.39 is 0 Å². The van der Waals surface area contributed by atoms with Gasteiger partial charge < -0.3 is 0 Å². The number of rotatable bonds is 7. The van der Waals surface area contributed by atoms with Gasteiger partial charge in [-0.2, -0.15) is 0 Å².